The zero-order valence-electron chi connectivity index (χ0n) is 19.6. The summed E-state index contributed by atoms with van der Waals surface area (Å²) in [6.45, 7) is 8.81. The second kappa shape index (κ2) is 13.3. The van der Waals surface area contributed by atoms with Crippen molar-refractivity contribution in [1.82, 2.24) is 40.9 Å². The van der Waals surface area contributed by atoms with Gasteiger partial charge in [0.05, 0.1) is 32.0 Å². The molecule has 12 nitrogen and oxygen atoms in total. The van der Waals surface area contributed by atoms with E-state index in [9.17, 15) is 14.4 Å². The van der Waals surface area contributed by atoms with Gasteiger partial charge in [0.15, 0.2) is 0 Å². The van der Waals surface area contributed by atoms with Crippen molar-refractivity contribution < 1.29 is 19.1 Å². The smallest absolute Gasteiger partial charge is 0.307 e. The highest BCUT2D eigenvalue weighted by molar-refractivity contribution is 5.88. The van der Waals surface area contributed by atoms with E-state index in [-0.39, 0.29) is 43.3 Å². The molecular formula is C21H34N8O4. The first-order chi connectivity index (χ1) is 15.7. The standard InChI is InChI=1S/C21H34N8O4/c1-14(2)20(31)26-18(9-16-10-22-13-25-16)21(32)24-11-17-12-29(28-27-17)7-8-33-19(30)5-6-23-15(3)4/h10,12-15,18,23H,5-9,11H2,1-4H3,(H,22,25)(H,24,32)(H,26,31). The lowest BCUT2D eigenvalue weighted by atomic mass is 10.1. The fraction of sp³-hybridized carbons (Fsp3) is 0.619. The average molecular weight is 463 g/mol. The molecule has 1 unspecified atom stereocenters. The molecule has 0 spiro atoms. The summed E-state index contributed by atoms with van der Waals surface area (Å²) >= 11 is 0. The molecule has 2 rings (SSSR count). The van der Waals surface area contributed by atoms with Gasteiger partial charge in [-0.3, -0.25) is 14.4 Å². The molecule has 2 aromatic heterocycles. The summed E-state index contributed by atoms with van der Waals surface area (Å²) in [5, 5.41) is 16.7. The van der Waals surface area contributed by atoms with E-state index in [2.05, 4.69) is 36.2 Å². The lowest BCUT2D eigenvalue weighted by Crippen LogP contribution is -2.49. The second-order valence-corrected chi connectivity index (χ2v) is 8.27. The summed E-state index contributed by atoms with van der Waals surface area (Å²) in [4.78, 5) is 43.4. The number of nitrogens with zero attached hydrogens (tertiary/aromatic N) is 4. The monoisotopic (exact) mass is 462 g/mol. The Labute approximate surface area is 193 Å². The van der Waals surface area contributed by atoms with Gasteiger partial charge in [0.1, 0.15) is 18.3 Å². The highest BCUT2D eigenvalue weighted by Gasteiger charge is 2.23. The molecule has 0 aromatic carbocycles. The minimum atomic E-state index is -0.750. The number of hydrogen-bond donors (Lipinski definition) is 4. The normalized spacial score (nSPS) is 12.1. The van der Waals surface area contributed by atoms with E-state index < -0.39 is 6.04 Å². The fourth-order valence-electron chi connectivity index (χ4n) is 2.78. The van der Waals surface area contributed by atoms with Crippen LogP contribution >= 0.6 is 0 Å². The van der Waals surface area contributed by atoms with Crippen LogP contribution in [0.15, 0.2) is 18.7 Å². The Hall–Kier alpha value is -3.28. The predicted molar refractivity (Wildman–Crippen MR) is 120 cm³/mol. The molecule has 182 valence electrons. The van der Waals surface area contributed by atoms with E-state index in [1.165, 1.54) is 6.33 Å². The van der Waals surface area contributed by atoms with Crippen molar-refractivity contribution in [2.24, 2.45) is 5.92 Å². The van der Waals surface area contributed by atoms with E-state index in [0.29, 0.717) is 31.2 Å². The summed E-state index contributed by atoms with van der Waals surface area (Å²) in [6, 6.07) is -0.431. The minimum Gasteiger partial charge on any atom is -0.464 e. The number of carbonyl (C=O) groups is 3. The van der Waals surface area contributed by atoms with Gasteiger partial charge in [-0.1, -0.05) is 32.9 Å². The van der Waals surface area contributed by atoms with Crippen molar-refractivity contribution in [1.29, 1.82) is 0 Å². The highest BCUT2D eigenvalue weighted by atomic mass is 16.5. The number of hydrogen-bond acceptors (Lipinski definition) is 8. The quantitative estimate of drug-likeness (QED) is 0.284. The van der Waals surface area contributed by atoms with Gasteiger partial charge < -0.3 is 25.7 Å². The van der Waals surface area contributed by atoms with E-state index in [1.807, 2.05) is 13.8 Å². The van der Waals surface area contributed by atoms with Gasteiger partial charge >= 0.3 is 5.97 Å². The number of amides is 2. The zero-order valence-corrected chi connectivity index (χ0v) is 19.6. The Morgan fingerprint density at radius 2 is 1.97 bits per heavy atom. The van der Waals surface area contributed by atoms with Crippen LogP contribution in [0.3, 0.4) is 0 Å². The Morgan fingerprint density at radius 1 is 1.18 bits per heavy atom. The maximum absolute atomic E-state index is 12.7. The van der Waals surface area contributed by atoms with Crippen molar-refractivity contribution in [3.05, 3.63) is 30.1 Å². The molecule has 12 heteroatoms. The molecule has 0 saturated carbocycles. The van der Waals surface area contributed by atoms with Gasteiger partial charge in [0.2, 0.25) is 11.8 Å². The predicted octanol–water partition coefficient (Wildman–Crippen LogP) is -0.0678. The fourth-order valence-corrected chi connectivity index (χ4v) is 2.78. The maximum atomic E-state index is 12.7. The van der Waals surface area contributed by atoms with Crippen molar-refractivity contribution in [2.45, 2.75) is 65.7 Å². The summed E-state index contributed by atoms with van der Waals surface area (Å²) in [6.07, 6.45) is 5.40. The number of rotatable bonds is 14. The van der Waals surface area contributed by atoms with Crippen molar-refractivity contribution in [3.8, 4) is 0 Å². The molecule has 1 atom stereocenters. The molecule has 0 radical (unpaired) electrons. The van der Waals surface area contributed by atoms with Gasteiger partial charge in [0.25, 0.3) is 0 Å². The van der Waals surface area contributed by atoms with Gasteiger partial charge in [-0.25, -0.2) is 9.67 Å². The Bertz CT molecular complexity index is 879. The van der Waals surface area contributed by atoms with Crippen LogP contribution in [0.1, 0.15) is 45.5 Å². The van der Waals surface area contributed by atoms with Gasteiger partial charge in [-0.05, 0) is 0 Å². The molecule has 33 heavy (non-hydrogen) atoms. The molecule has 0 aliphatic carbocycles. The van der Waals surface area contributed by atoms with E-state index >= 15 is 0 Å². The van der Waals surface area contributed by atoms with E-state index in [4.69, 9.17) is 4.74 Å². The highest BCUT2D eigenvalue weighted by Crippen LogP contribution is 2.02. The Morgan fingerprint density at radius 3 is 2.64 bits per heavy atom. The molecule has 0 saturated heterocycles. The van der Waals surface area contributed by atoms with Crippen LogP contribution in [-0.4, -0.2) is 68.0 Å². The topological polar surface area (TPSA) is 156 Å². The largest absolute Gasteiger partial charge is 0.464 e. The van der Waals surface area contributed by atoms with E-state index in [0.717, 1.165) is 5.69 Å². The molecule has 0 bridgehead atoms. The first-order valence-corrected chi connectivity index (χ1v) is 11.1. The van der Waals surface area contributed by atoms with Crippen LogP contribution in [0.4, 0.5) is 0 Å². The molecule has 2 amide bonds. The number of carbonyl (C=O) groups excluding carboxylic acids is 3. The molecule has 0 fully saturated rings. The number of aromatic amines is 1. The van der Waals surface area contributed by atoms with Gasteiger partial charge in [-0.2, -0.15) is 0 Å². The number of nitrogens with one attached hydrogen (secondary N) is 4. The van der Waals surface area contributed by atoms with Crippen LogP contribution in [-0.2, 0) is 38.6 Å². The molecule has 0 aliphatic rings. The Balaban J connectivity index is 1.78. The summed E-state index contributed by atoms with van der Waals surface area (Å²) in [7, 11) is 0. The van der Waals surface area contributed by atoms with Gasteiger partial charge in [-0.15, -0.1) is 5.10 Å². The lowest BCUT2D eigenvalue weighted by Gasteiger charge is -2.18. The van der Waals surface area contributed by atoms with Crippen LogP contribution < -0.4 is 16.0 Å². The summed E-state index contributed by atoms with van der Waals surface area (Å²) < 4.78 is 6.73. The van der Waals surface area contributed by atoms with Crippen molar-refractivity contribution in [2.75, 3.05) is 13.2 Å². The zero-order chi connectivity index (χ0) is 24.2. The number of imidazole rings is 1. The number of aromatic nitrogens is 5. The van der Waals surface area contributed by atoms with E-state index in [1.54, 1.807) is 30.9 Å². The third kappa shape index (κ3) is 9.81. The van der Waals surface area contributed by atoms with Crippen LogP contribution in [0.25, 0.3) is 0 Å². The van der Waals surface area contributed by atoms with Crippen LogP contribution in [0.2, 0.25) is 0 Å². The first kappa shape index (κ1) is 26.0. The number of esters is 1. The molecule has 2 heterocycles. The average Bonchev–Trinajstić information content (AvgIpc) is 3.43. The SMILES string of the molecule is CC(C)NCCC(=O)OCCn1cc(CNC(=O)C(Cc2cnc[nH]2)NC(=O)C(C)C)nn1. The van der Waals surface area contributed by atoms with Crippen molar-refractivity contribution >= 4 is 17.8 Å². The third-order valence-electron chi connectivity index (χ3n) is 4.63. The van der Waals surface area contributed by atoms with Crippen LogP contribution in [0, 0.1) is 5.92 Å². The molecular weight excluding hydrogens is 428 g/mol. The molecule has 2 aromatic rings. The van der Waals surface area contributed by atoms with Gasteiger partial charge in [0, 0.05) is 36.8 Å². The molecule has 0 aliphatic heterocycles. The van der Waals surface area contributed by atoms with Crippen molar-refractivity contribution in [3.63, 3.8) is 0 Å². The molecule has 4 N–H and O–H groups in total. The summed E-state index contributed by atoms with van der Waals surface area (Å²) in [5.74, 6) is -1.07. The number of H-pyrrole nitrogens is 1. The minimum absolute atomic E-state index is 0.149. The third-order valence-corrected chi connectivity index (χ3v) is 4.63. The lowest BCUT2D eigenvalue weighted by molar-refractivity contribution is -0.143. The summed E-state index contributed by atoms with van der Waals surface area (Å²) in [5.41, 5.74) is 1.28. The Kier molecular flexibility index (Phi) is 10.5. The maximum Gasteiger partial charge on any atom is 0.307 e. The number of ether oxygens (including phenoxy) is 1. The second-order valence-electron chi connectivity index (χ2n) is 8.27. The van der Waals surface area contributed by atoms with Crippen LogP contribution in [0.5, 0.6) is 0 Å². The first-order valence-electron chi connectivity index (χ1n) is 11.1.